The van der Waals surface area contributed by atoms with Crippen molar-refractivity contribution in [1.29, 1.82) is 0 Å². The molecule has 0 radical (unpaired) electrons. The third-order valence-corrected chi connectivity index (χ3v) is 3.59. The fourth-order valence-electron chi connectivity index (χ4n) is 2.81. The van der Waals surface area contributed by atoms with E-state index in [0.717, 1.165) is 30.5 Å². The Morgan fingerprint density at radius 3 is 3.00 bits per heavy atom. The molecule has 1 N–H and O–H groups in total. The van der Waals surface area contributed by atoms with Gasteiger partial charge in [-0.15, -0.1) is 0 Å². The van der Waals surface area contributed by atoms with E-state index in [4.69, 9.17) is 4.74 Å². The van der Waals surface area contributed by atoms with Gasteiger partial charge in [0.2, 0.25) is 0 Å². The maximum absolute atomic E-state index is 13.2. The fourth-order valence-corrected chi connectivity index (χ4v) is 2.81. The zero-order chi connectivity index (χ0) is 13.2. The van der Waals surface area contributed by atoms with E-state index in [1.165, 1.54) is 13.2 Å². The monoisotopic (exact) mass is 251 g/mol. The van der Waals surface area contributed by atoms with Crippen molar-refractivity contribution in [3.05, 3.63) is 35.1 Å². The lowest BCUT2D eigenvalue weighted by Crippen LogP contribution is -2.42. The summed E-state index contributed by atoms with van der Waals surface area (Å²) in [5, 5.41) is 3.38. The second-order valence-corrected chi connectivity index (χ2v) is 4.67. The molecule has 18 heavy (non-hydrogen) atoms. The summed E-state index contributed by atoms with van der Waals surface area (Å²) in [6, 6.07) is 4.79. The number of nitrogens with one attached hydrogen (secondary N) is 1. The smallest absolute Gasteiger partial charge is 0.307 e. The van der Waals surface area contributed by atoms with Crippen molar-refractivity contribution in [3.63, 3.8) is 0 Å². The van der Waals surface area contributed by atoms with Crippen molar-refractivity contribution in [2.75, 3.05) is 13.7 Å². The maximum atomic E-state index is 13.2. The number of hydrogen-bond acceptors (Lipinski definition) is 3. The quantitative estimate of drug-likeness (QED) is 0.833. The molecule has 1 aliphatic carbocycles. The Morgan fingerprint density at radius 2 is 2.33 bits per heavy atom. The highest BCUT2D eigenvalue weighted by atomic mass is 19.1. The molecule has 1 aromatic rings. The van der Waals surface area contributed by atoms with Crippen LogP contribution in [0.1, 0.15) is 30.9 Å². The maximum Gasteiger partial charge on any atom is 0.307 e. The molecule has 0 aliphatic heterocycles. The highest BCUT2D eigenvalue weighted by molar-refractivity contribution is 5.71. The summed E-state index contributed by atoms with van der Waals surface area (Å²) >= 11 is 0. The van der Waals surface area contributed by atoms with Gasteiger partial charge in [0, 0.05) is 0 Å². The van der Waals surface area contributed by atoms with Gasteiger partial charge in [-0.25, -0.2) is 4.39 Å². The Hall–Kier alpha value is -1.42. The number of carbonyl (C=O) groups is 1. The molecule has 2 rings (SSSR count). The number of halogens is 1. The molecule has 1 unspecified atom stereocenters. The molecule has 98 valence electrons. The van der Waals surface area contributed by atoms with Crippen molar-refractivity contribution in [1.82, 2.24) is 5.32 Å². The summed E-state index contributed by atoms with van der Waals surface area (Å²) in [7, 11) is 1.39. The first-order valence-electron chi connectivity index (χ1n) is 6.22. The van der Waals surface area contributed by atoms with Crippen LogP contribution in [0.3, 0.4) is 0 Å². The predicted molar refractivity (Wildman–Crippen MR) is 66.7 cm³/mol. The van der Waals surface area contributed by atoms with Gasteiger partial charge in [-0.05, 0) is 42.6 Å². The average Bonchev–Trinajstić information content (AvgIpc) is 2.68. The first-order chi connectivity index (χ1) is 8.61. The number of methoxy groups -OCH3 is 1. The summed E-state index contributed by atoms with van der Waals surface area (Å²) in [5.41, 5.74) is 1.61. The van der Waals surface area contributed by atoms with Crippen molar-refractivity contribution in [2.24, 2.45) is 0 Å². The Kier molecular flexibility index (Phi) is 3.66. The van der Waals surface area contributed by atoms with Crippen LogP contribution in [-0.2, 0) is 21.5 Å². The molecule has 1 aromatic carbocycles. The number of esters is 1. The van der Waals surface area contributed by atoms with E-state index in [1.54, 1.807) is 12.1 Å². The van der Waals surface area contributed by atoms with Gasteiger partial charge in [-0.1, -0.05) is 13.0 Å². The van der Waals surface area contributed by atoms with Crippen molar-refractivity contribution < 1.29 is 13.9 Å². The highest BCUT2D eigenvalue weighted by Crippen LogP contribution is 2.39. The molecule has 1 atom stereocenters. The Labute approximate surface area is 106 Å². The van der Waals surface area contributed by atoms with Gasteiger partial charge in [-0.3, -0.25) is 4.79 Å². The number of benzene rings is 1. The number of carbonyl (C=O) groups excluding carboxylic acids is 1. The summed E-state index contributed by atoms with van der Waals surface area (Å²) in [6.45, 7) is 2.76. The molecule has 0 spiro atoms. The van der Waals surface area contributed by atoms with E-state index in [1.807, 2.05) is 6.92 Å². The Bertz CT molecular complexity index is 461. The number of rotatable bonds is 4. The normalized spacial score (nSPS) is 21.7. The molecular formula is C14H18FNO2. The molecule has 0 saturated carbocycles. The van der Waals surface area contributed by atoms with Crippen LogP contribution in [-0.4, -0.2) is 19.6 Å². The molecular weight excluding hydrogens is 233 g/mol. The van der Waals surface area contributed by atoms with E-state index < -0.39 is 5.54 Å². The minimum atomic E-state index is -0.398. The third kappa shape index (κ3) is 2.25. The zero-order valence-electron chi connectivity index (χ0n) is 10.8. The molecule has 3 nitrogen and oxygen atoms in total. The van der Waals surface area contributed by atoms with Gasteiger partial charge in [0.25, 0.3) is 0 Å². The second-order valence-electron chi connectivity index (χ2n) is 4.67. The number of aryl methyl sites for hydroxylation is 1. The minimum absolute atomic E-state index is 0.223. The van der Waals surface area contributed by atoms with Crippen molar-refractivity contribution in [3.8, 4) is 0 Å². The molecule has 0 heterocycles. The summed E-state index contributed by atoms with van der Waals surface area (Å²) in [4.78, 5) is 11.6. The summed E-state index contributed by atoms with van der Waals surface area (Å²) in [6.07, 6.45) is 1.88. The van der Waals surface area contributed by atoms with E-state index in [-0.39, 0.29) is 18.2 Å². The molecule has 4 heteroatoms. The van der Waals surface area contributed by atoms with Crippen molar-refractivity contribution in [2.45, 2.75) is 31.7 Å². The van der Waals surface area contributed by atoms with Gasteiger partial charge >= 0.3 is 5.97 Å². The highest BCUT2D eigenvalue weighted by Gasteiger charge is 2.40. The van der Waals surface area contributed by atoms with Crippen LogP contribution in [0.25, 0.3) is 0 Å². The van der Waals surface area contributed by atoms with E-state index in [2.05, 4.69) is 5.32 Å². The lowest BCUT2D eigenvalue weighted by Gasteiger charge is -2.30. The molecule has 1 aliphatic rings. The van der Waals surface area contributed by atoms with Gasteiger partial charge in [0.15, 0.2) is 0 Å². The van der Waals surface area contributed by atoms with Gasteiger partial charge < -0.3 is 10.1 Å². The number of ether oxygens (including phenoxy) is 1. The molecule has 0 aromatic heterocycles. The number of hydrogen-bond donors (Lipinski definition) is 1. The van der Waals surface area contributed by atoms with Crippen LogP contribution < -0.4 is 5.32 Å². The van der Waals surface area contributed by atoms with E-state index >= 15 is 0 Å². The van der Waals surface area contributed by atoms with Gasteiger partial charge in [0.05, 0.1) is 19.1 Å². The van der Waals surface area contributed by atoms with E-state index in [9.17, 15) is 9.18 Å². The zero-order valence-corrected chi connectivity index (χ0v) is 10.8. The number of fused-ring (bicyclic) bond motifs is 1. The van der Waals surface area contributed by atoms with Gasteiger partial charge in [0.1, 0.15) is 5.82 Å². The van der Waals surface area contributed by atoms with Crippen LogP contribution in [0, 0.1) is 5.82 Å². The summed E-state index contributed by atoms with van der Waals surface area (Å²) in [5.74, 6) is -0.466. The van der Waals surface area contributed by atoms with Crippen LogP contribution in [0.2, 0.25) is 0 Å². The average molecular weight is 251 g/mol. The van der Waals surface area contributed by atoms with Crippen LogP contribution in [0.4, 0.5) is 4.39 Å². The largest absolute Gasteiger partial charge is 0.469 e. The van der Waals surface area contributed by atoms with Crippen LogP contribution in [0.5, 0.6) is 0 Å². The van der Waals surface area contributed by atoms with Crippen LogP contribution in [0.15, 0.2) is 18.2 Å². The molecule has 0 saturated heterocycles. The Balaban J connectivity index is 2.36. The Morgan fingerprint density at radius 1 is 1.56 bits per heavy atom. The minimum Gasteiger partial charge on any atom is -0.469 e. The predicted octanol–water partition coefficient (Wildman–Crippen LogP) is 2.14. The third-order valence-electron chi connectivity index (χ3n) is 3.59. The molecule has 0 amide bonds. The van der Waals surface area contributed by atoms with Gasteiger partial charge in [-0.2, -0.15) is 0 Å². The lowest BCUT2D eigenvalue weighted by molar-refractivity contribution is -0.142. The topological polar surface area (TPSA) is 38.3 Å². The second kappa shape index (κ2) is 5.06. The lowest BCUT2D eigenvalue weighted by atomic mass is 9.88. The molecule has 0 bridgehead atoms. The first kappa shape index (κ1) is 13.0. The standard InChI is InChI=1S/C14H18FNO2/c1-3-16-14(9-13(17)18-2)7-6-10-8-11(15)4-5-12(10)14/h4-5,8,16H,3,6-7,9H2,1-2H3. The SMILES string of the molecule is CCNC1(CC(=O)OC)CCc2cc(F)ccc21. The van der Waals surface area contributed by atoms with Crippen LogP contribution >= 0.6 is 0 Å². The molecule has 0 fully saturated rings. The van der Waals surface area contributed by atoms with Crippen molar-refractivity contribution >= 4 is 5.97 Å². The fraction of sp³-hybridized carbons (Fsp3) is 0.500. The first-order valence-corrected chi connectivity index (χ1v) is 6.22. The van der Waals surface area contributed by atoms with E-state index in [0.29, 0.717) is 0 Å². The summed E-state index contributed by atoms with van der Waals surface area (Å²) < 4.78 is 18.0.